The average molecular weight is 308 g/mol. The molecule has 1 aromatic heterocycles. The molecule has 1 aromatic carbocycles. The second kappa shape index (κ2) is 6.51. The first-order valence-corrected chi connectivity index (χ1v) is 6.64. The van der Waals surface area contributed by atoms with Crippen molar-refractivity contribution in [1.82, 2.24) is 10.3 Å². The van der Waals surface area contributed by atoms with Gasteiger partial charge in [0.05, 0.1) is 9.95 Å². The second-order valence-corrected chi connectivity index (χ2v) is 4.79. The third-order valence-electron chi connectivity index (χ3n) is 3.04. The van der Waals surface area contributed by atoms with Gasteiger partial charge in [-0.15, -0.1) is 0 Å². The highest BCUT2D eigenvalue weighted by molar-refractivity contribution is 6.32. The molecule has 1 N–H and O–H groups in total. The lowest BCUT2D eigenvalue weighted by molar-refractivity contribution is -0.385. The van der Waals surface area contributed by atoms with Crippen LogP contribution in [-0.2, 0) is 0 Å². The maximum absolute atomic E-state index is 11.0. The molecule has 1 atom stereocenters. The number of hydrogen-bond acceptors (Lipinski definition) is 5. The number of nitrogens with one attached hydrogen (secondary N) is 1. The fourth-order valence-electron chi connectivity index (χ4n) is 1.76. The summed E-state index contributed by atoms with van der Waals surface area (Å²) < 4.78 is 5.52. The summed E-state index contributed by atoms with van der Waals surface area (Å²) in [4.78, 5) is 14.5. The topological polar surface area (TPSA) is 77.3 Å². The Balaban J connectivity index is 2.37. The maximum Gasteiger partial charge on any atom is 0.313 e. The minimum Gasteiger partial charge on any atom is -0.430 e. The molecule has 0 aliphatic heterocycles. The average Bonchev–Trinajstić information content (AvgIpc) is 2.48. The smallest absolute Gasteiger partial charge is 0.313 e. The first kappa shape index (κ1) is 15.2. The third kappa shape index (κ3) is 3.48. The highest BCUT2D eigenvalue weighted by Gasteiger charge is 2.19. The number of nitrogens with zero attached hydrogens (tertiary/aromatic N) is 2. The molecule has 6 nitrogen and oxygen atoms in total. The predicted molar refractivity (Wildman–Crippen MR) is 79.9 cm³/mol. The SMILES string of the molecule is CNC(C)c1ccnc(Oc2c(Cl)cccc2[N+](=O)[O-])c1. The van der Waals surface area contributed by atoms with Crippen molar-refractivity contribution in [3.8, 4) is 11.6 Å². The normalized spacial score (nSPS) is 12.0. The molecule has 0 saturated carbocycles. The fraction of sp³-hybridized carbons (Fsp3) is 0.214. The van der Waals surface area contributed by atoms with Crippen molar-refractivity contribution < 1.29 is 9.66 Å². The molecular formula is C14H14ClN3O3. The quantitative estimate of drug-likeness (QED) is 0.673. The molecule has 1 heterocycles. The lowest BCUT2D eigenvalue weighted by Crippen LogP contribution is -2.12. The van der Waals surface area contributed by atoms with E-state index in [1.165, 1.54) is 18.2 Å². The molecule has 0 radical (unpaired) electrons. The molecule has 0 spiro atoms. The number of benzene rings is 1. The van der Waals surface area contributed by atoms with Gasteiger partial charge in [0, 0.05) is 24.4 Å². The van der Waals surface area contributed by atoms with E-state index in [-0.39, 0.29) is 28.4 Å². The van der Waals surface area contributed by atoms with Crippen molar-refractivity contribution >= 4 is 17.3 Å². The summed E-state index contributed by atoms with van der Waals surface area (Å²) in [6, 6.07) is 8.03. The number of pyridine rings is 1. The van der Waals surface area contributed by atoms with Crippen molar-refractivity contribution in [2.45, 2.75) is 13.0 Å². The predicted octanol–water partition coefficient (Wildman–Crippen LogP) is 3.72. The summed E-state index contributed by atoms with van der Waals surface area (Å²) in [5.74, 6) is 0.247. The van der Waals surface area contributed by atoms with E-state index >= 15 is 0 Å². The molecule has 2 aromatic rings. The van der Waals surface area contributed by atoms with Crippen LogP contribution >= 0.6 is 11.6 Å². The van der Waals surface area contributed by atoms with Gasteiger partial charge >= 0.3 is 5.69 Å². The van der Waals surface area contributed by atoms with Crippen LogP contribution in [0.25, 0.3) is 0 Å². The van der Waals surface area contributed by atoms with Crippen molar-refractivity contribution in [3.63, 3.8) is 0 Å². The zero-order chi connectivity index (χ0) is 15.4. The molecule has 21 heavy (non-hydrogen) atoms. The molecule has 0 aliphatic rings. The Morgan fingerprint density at radius 2 is 2.19 bits per heavy atom. The Labute approximate surface area is 126 Å². The van der Waals surface area contributed by atoms with E-state index in [4.69, 9.17) is 16.3 Å². The van der Waals surface area contributed by atoms with Crippen LogP contribution in [-0.4, -0.2) is 17.0 Å². The lowest BCUT2D eigenvalue weighted by atomic mass is 10.1. The Morgan fingerprint density at radius 3 is 2.86 bits per heavy atom. The van der Waals surface area contributed by atoms with Gasteiger partial charge < -0.3 is 10.1 Å². The van der Waals surface area contributed by atoms with Crippen LogP contribution in [0.2, 0.25) is 5.02 Å². The van der Waals surface area contributed by atoms with E-state index in [0.717, 1.165) is 5.56 Å². The molecular weight excluding hydrogens is 294 g/mol. The van der Waals surface area contributed by atoms with Crippen LogP contribution in [0.5, 0.6) is 11.6 Å². The Kier molecular flexibility index (Phi) is 4.72. The molecule has 0 bridgehead atoms. The minimum atomic E-state index is -0.540. The van der Waals surface area contributed by atoms with Crippen LogP contribution in [0.4, 0.5) is 5.69 Å². The van der Waals surface area contributed by atoms with E-state index in [1.54, 1.807) is 12.3 Å². The molecule has 0 amide bonds. The molecule has 110 valence electrons. The summed E-state index contributed by atoms with van der Waals surface area (Å²) in [5.41, 5.74) is 0.758. The fourth-order valence-corrected chi connectivity index (χ4v) is 1.97. The number of hydrogen-bond donors (Lipinski definition) is 1. The van der Waals surface area contributed by atoms with Crippen molar-refractivity contribution in [2.75, 3.05) is 7.05 Å². The van der Waals surface area contributed by atoms with E-state index < -0.39 is 4.92 Å². The molecule has 0 saturated heterocycles. The summed E-state index contributed by atoms with van der Waals surface area (Å²) in [5, 5.41) is 14.3. The van der Waals surface area contributed by atoms with Crippen molar-refractivity contribution in [3.05, 3.63) is 57.2 Å². The van der Waals surface area contributed by atoms with E-state index in [9.17, 15) is 10.1 Å². The van der Waals surface area contributed by atoms with E-state index in [1.807, 2.05) is 20.0 Å². The molecule has 7 heteroatoms. The van der Waals surface area contributed by atoms with E-state index in [2.05, 4.69) is 10.3 Å². The van der Waals surface area contributed by atoms with Gasteiger partial charge in [-0.2, -0.15) is 0 Å². The van der Waals surface area contributed by atoms with Gasteiger partial charge in [-0.25, -0.2) is 4.98 Å². The standard InChI is InChI=1S/C14H14ClN3O3/c1-9(16-2)10-6-7-17-13(8-10)21-14-11(15)4-3-5-12(14)18(19)20/h3-9,16H,1-2H3. The molecule has 1 unspecified atom stereocenters. The molecule has 0 fully saturated rings. The van der Waals surface area contributed by atoms with Gasteiger partial charge in [-0.1, -0.05) is 17.7 Å². The largest absolute Gasteiger partial charge is 0.430 e. The van der Waals surface area contributed by atoms with Crippen molar-refractivity contribution in [2.24, 2.45) is 0 Å². The first-order valence-electron chi connectivity index (χ1n) is 6.27. The summed E-state index contributed by atoms with van der Waals surface area (Å²) in [7, 11) is 1.84. The Hall–Kier alpha value is -2.18. The van der Waals surface area contributed by atoms with Crippen LogP contribution in [0, 0.1) is 10.1 Å². The van der Waals surface area contributed by atoms with Crippen molar-refractivity contribution in [1.29, 1.82) is 0 Å². The number of aromatic nitrogens is 1. The number of nitro benzene ring substituents is 1. The number of para-hydroxylation sites is 1. The van der Waals surface area contributed by atoms with Gasteiger partial charge in [-0.3, -0.25) is 10.1 Å². The van der Waals surface area contributed by atoms with Gasteiger partial charge in [-0.05, 0) is 31.7 Å². The van der Waals surface area contributed by atoms with Crippen LogP contribution in [0.15, 0.2) is 36.5 Å². The zero-order valence-corrected chi connectivity index (χ0v) is 12.3. The number of rotatable bonds is 5. The van der Waals surface area contributed by atoms with Crippen LogP contribution in [0.3, 0.4) is 0 Å². The number of nitro groups is 1. The highest BCUT2D eigenvalue weighted by Crippen LogP contribution is 2.37. The highest BCUT2D eigenvalue weighted by atomic mass is 35.5. The lowest BCUT2D eigenvalue weighted by Gasteiger charge is -2.12. The third-order valence-corrected chi connectivity index (χ3v) is 3.34. The summed E-state index contributed by atoms with van der Waals surface area (Å²) in [6.45, 7) is 1.98. The maximum atomic E-state index is 11.0. The van der Waals surface area contributed by atoms with Gasteiger partial charge in [0.25, 0.3) is 0 Å². The van der Waals surface area contributed by atoms with E-state index in [0.29, 0.717) is 0 Å². The Morgan fingerprint density at radius 1 is 1.43 bits per heavy atom. The van der Waals surface area contributed by atoms with Crippen LogP contribution < -0.4 is 10.1 Å². The molecule has 0 aliphatic carbocycles. The zero-order valence-electron chi connectivity index (χ0n) is 11.5. The van der Waals surface area contributed by atoms with Crippen LogP contribution in [0.1, 0.15) is 18.5 Å². The summed E-state index contributed by atoms with van der Waals surface area (Å²) in [6.07, 6.45) is 1.58. The van der Waals surface area contributed by atoms with Gasteiger partial charge in [0.15, 0.2) is 0 Å². The van der Waals surface area contributed by atoms with Gasteiger partial charge in [0.2, 0.25) is 11.6 Å². The number of ether oxygens (including phenoxy) is 1. The molecule has 2 rings (SSSR count). The number of halogens is 1. The first-order chi connectivity index (χ1) is 10.0. The minimum absolute atomic E-state index is 0.00840. The van der Waals surface area contributed by atoms with Gasteiger partial charge in [0.1, 0.15) is 0 Å². The second-order valence-electron chi connectivity index (χ2n) is 4.39. The Bertz CT molecular complexity index is 664. The summed E-state index contributed by atoms with van der Waals surface area (Å²) >= 11 is 5.98. The monoisotopic (exact) mass is 307 g/mol.